The number of carbonyl (C=O) groups excluding carboxylic acids is 1. The molecule has 27 heavy (non-hydrogen) atoms. The Balaban J connectivity index is 1.46. The highest BCUT2D eigenvalue weighted by Gasteiger charge is 2.23. The molecule has 0 saturated carbocycles. The Bertz CT molecular complexity index is 951. The average Bonchev–Trinajstić information content (AvgIpc) is 2.95. The number of anilines is 1. The minimum atomic E-state index is -0.00242. The summed E-state index contributed by atoms with van der Waals surface area (Å²) in [6.07, 6.45) is 0.985. The van der Waals surface area contributed by atoms with E-state index in [1.54, 1.807) is 0 Å². The van der Waals surface area contributed by atoms with Gasteiger partial charge in [0.05, 0.1) is 5.69 Å². The largest absolute Gasteiger partial charge is 0.324 e. The van der Waals surface area contributed by atoms with Crippen molar-refractivity contribution in [1.82, 2.24) is 4.90 Å². The molecule has 3 aromatic carbocycles. The summed E-state index contributed by atoms with van der Waals surface area (Å²) in [6, 6.07) is 22.8. The van der Waals surface area contributed by atoms with E-state index in [4.69, 9.17) is 0 Å². The van der Waals surface area contributed by atoms with E-state index in [9.17, 15) is 4.79 Å². The van der Waals surface area contributed by atoms with Gasteiger partial charge in [-0.3, -0.25) is 0 Å². The van der Waals surface area contributed by atoms with E-state index >= 15 is 0 Å². The minimum absolute atomic E-state index is 0.00242. The van der Waals surface area contributed by atoms with Gasteiger partial charge in [-0.05, 0) is 35.9 Å². The fourth-order valence-corrected chi connectivity index (χ4v) is 5.02. The van der Waals surface area contributed by atoms with Crippen molar-refractivity contribution in [2.45, 2.75) is 18.6 Å². The molecule has 1 aliphatic rings. The molecule has 138 valence electrons. The zero-order chi connectivity index (χ0) is 18.6. The third kappa shape index (κ3) is 3.96. The third-order valence-electron chi connectivity index (χ3n) is 5.20. The van der Waals surface area contributed by atoms with Crippen LogP contribution in [0.1, 0.15) is 22.8 Å². The van der Waals surface area contributed by atoms with Crippen LogP contribution in [0.3, 0.4) is 0 Å². The number of hydrogen-bond donors (Lipinski definition) is 1. The fourth-order valence-electron chi connectivity index (χ4n) is 3.70. The van der Waals surface area contributed by atoms with E-state index in [0.29, 0.717) is 5.25 Å². The molecule has 1 aliphatic heterocycles. The van der Waals surface area contributed by atoms with Gasteiger partial charge in [0.1, 0.15) is 0 Å². The highest BCUT2D eigenvalue weighted by molar-refractivity contribution is 7.99. The van der Waals surface area contributed by atoms with Crippen LogP contribution in [-0.2, 0) is 0 Å². The van der Waals surface area contributed by atoms with Crippen LogP contribution in [0.25, 0.3) is 10.8 Å². The molecule has 0 bridgehead atoms. The van der Waals surface area contributed by atoms with Gasteiger partial charge in [0.2, 0.25) is 0 Å². The van der Waals surface area contributed by atoms with Gasteiger partial charge in [-0.15, -0.1) is 0 Å². The van der Waals surface area contributed by atoms with Crippen molar-refractivity contribution in [3.63, 3.8) is 0 Å². The number of benzene rings is 3. The summed E-state index contributed by atoms with van der Waals surface area (Å²) < 4.78 is 0. The Morgan fingerprint density at radius 3 is 2.67 bits per heavy atom. The first-order valence-corrected chi connectivity index (χ1v) is 10.5. The van der Waals surface area contributed by atoms with Gasteiger partial charge in [-0.1, -0.05) is 60.7 Å². The summed E-state index contributed by atoms with van der Waals surface area (Å²) in [5.41, 5.74) is 3.62. The molecule has 1 N–H and O–H groups in total. The Morgan fingerprint density at radius 2 is 1.78 bits per heavy atom. The van der Waals surface area contributed by atoms with Gasteiger partial charge in [0.15, 0.2) is 0 Å². The predicted molar refractivity (Wildman–Crippen MR) is 116 cm³/mol. The Kier molecular flexibility index (Phi) is 5.35. The first-order valence-electron chi connectivity index (χ1n) is 9.43. The van der Waals surface area contributed by atoms with Crippen LogP contribution >= 0.6 is 11.8 Å². The van der Waals surface area contributed by atoms with Gasteiger partial charge in [-0.2, -0.15) is 11.8 Å². The number of nitrogens with zero attached hydrogens (tertiary/aromatic N) is 1. The first kappa shape index (κ1) is 17.9. The van der Waals surface area contributed by atoms with Crippen LogP contribution in [0.2, 0.25) is 0 Å². The number of amides is 2. The summed E-state index contributed by atoms with van der Waals surface area (Å²) in [7, 11) is 0. The van der Waals surface area contributed by atoms with E-state index < -0.39 is 0 Å². The lowest BCUT2D eigenvalue weighted by Gasteiger charge is -2.21. The molecule has 0 aromatic heterocycles. The van der Waals surface area contributed by atoms with Crippen LogP contribution < -0.4 is 5.32 Å². The molecular weight excluding hydrogens is 352 g/mol. The molecular formula is C23H24N2OS. The molecule has 0 aliphatic carbocycles. The molecule has 4 rings (SSSR count). The monoisotopic (exact) mass is 376 g/mol. The van der Waals surface area contributed by atoms with E-state index in [1.807, 2.05) is 40.9 Å². The molecule has 1 unspecified atom stereocenters. The lowest BCUT2D eigenvalue weighted by Crippen LogP contribution is -2.36. The summed E-state index contributed by atoms with van der Waals surface area (Å²) in [5.74, 6) is 0.960. The number of urea groups is 1. The Hall–Kier alpha value is -2.46. The van der Waals surface area contributed by atoms with Crippen LogP contribution in [0, 0.1) is 6.92 Å². The fraction of sp³-hybridized carbons (Fsp3) is 0.261. The van der Waals surface area contributed by atoms with Crippen molar-refractivity contribution < 1.29 is 4.79 Å². The average molecular weight is 377 g/mol. The first-order chi connectivity index (χ1) is 13.2. The molecule has 1 saturated heterocycles. The molecule has 3 nitrogen and oxygen atoms in total. The van der Waals surface area contributed by atoms with Gasteiger partial charge >= 0.3 is 6.03 Å². The summed E-state index contributed by atoms with van der Waals surface area (Å²) in [6.45, 7) is 3.73. The number of fused-ring (bicyclic) bond motifs is 1. The van der Waals surface area contributed by atoms with Crippen molar-refractivity contribution in [2.75, 3.05) is 24.2 Å². The highest BCUT2D eigenvalue weighted by atomic mass is 32.2. The molecule has 0 radical (unpaired) electrons. The number of carbonyl (C=O) groups is 1. The van der Waals surface area contributed by atoms with E-state index in [1.165, 1.54) is 11.1 Å². The van der Waals surface area contributed by atoms with Gasteiger partial charge in [0, 0.05) is 29.5 Å². The molecule has 3 aromatic rings. The summed E-state index contributed by atoms with van der Waals surface area (Å²) >= 11 is 1.96. The zero-order valence-corrected chi connectivity index (χ0v) is 16.3. The molecule has 2 amide bonds. The minimum Gasteiger partial charge on any atom is -0.324 e. The van der Waals surface area contributed by atoms with Crippen molar-refractivity contribution in [3.05, 3.63) is 77.9 Å². The maximum absolute atomic E-state index is 12.9. The number of aryl methyl sites for hydroxylation is 1. The summed E-state index contributed by atoms with van der Waals surface area (Å²) in [5, 5.41) is 5.81. The zero-order valence-electron chi connectivity index (χ0n) is 15.5. The molecule has 1 fully saturated rings. The predicted octanol–water partition coefficient (Wildman–Crippen LogP) is 5.86. The van der Waals surface area contributed by atoms with Crippen LogP contribution in [0.15, 0.2) is 66.7 Å². The van der Waals surface area contributed by atoms with Gasteiger partial charge in [0.25, 0.3) is 0 Å². The SMILES string of the molecule is Cc1ccccc1C1CCN(C(=O)Nc2cccc3ccccc23)CCS1. The van der Waals surface area contributed by atoms with Crippen LogP contribution in [0.5, 0.6) is 0 Å². The van der Waals surface area contributed by atoms with Crippen molar-refractivity contribution in [3.8, 4) is 0 Å². The third-order valence-corrected chi connectivity index (χ3v) is 6.51. The maximum atomic E-state index is 12.9. The second kappa shape index (κ2) is 8.05. The van der Waals surface area contributed by atoms with Crippen molar-refractivity contribution >= 4 is 34.3 Å². The Labute approximate surface area is 164 Å². The second-order valence-electron chi connectivity index (χ2n) is 6.95. The normalized spacial score (nSPS) is 17.5. The smallest absolute Gasteiger partial charge is 0.321 e. The number of nitrogens with one attached hydrogen (secondary N) is 1. The topological polar surface area (TPSA) is 32.3 Å². The highest BCUT2D eigenvalue weighted by Crippen LogP contribution is 2.36. The molecule has 0 spiro atoms. The lowest BCUT2D eigenvalue weighted by molar-refractivity contribution is 0.215. The quantitative estimate of drug-likeness (QED) is 0.607. The number of hydrogen-bond acceptors (Lipinski definition) is 2. The van der Waals surface area contributed by atoms with E-state index in [0.717, 1.165) is 41.7 Å². The van der Waals surface area contributed by atoms with E-state index in [2.05, 4.69) is 54.7 Å². The number of rotatable bonds is 2. The van der Waals surface area contributed by atoms with Gasteiger partial charge < -0.3 is 10.2 Å². The van der Waals surface area contributed by atoms with Crippen molar-refractivity contribution in [2.24, 2.45) is 0 Å². The molecule has 1 atom stereocenters. The van der Waals surface area contributed by atoms with Crippen LogP contribution in [-0.4, -0.2) is 29.8 Å². The lowest BCUT2D eigenvalue weighted by atomic mass is 10.0. The van der Waals surface area contributed by atoms with Crippen molar-refractivity contribution in [1.29, 1.82) is 0 Å². The second-order valence-corrected chi connectivity index (χ2v) is 8.26. The Morgan fingerprint density at radius 1 is 1.00 bits per heavy atom. The maximum Gasteiger partial charge on any atom is 0.321 e. The molecule has 4 heteroatoms. The number of thioether (sulfide) groups is 1. The van der Waals surface area contributed by atoms with Crippen LogP contribution in [0.4, 0.5) is 10.5 Å². The standard InChI is InChI=1S/C23H24N2OS/c1-17-7-2-4-10-19(17)22-13-14-25(15-16-27-22)23(26)24-21-12-6-9-18-8-3-5-11-20(18)21/h2-12,22H,13-16H2,1H3,(H,24,26). The van der Waals surface area contributed by atoms with E-state index in [-0.39, 0.29) is 6.03 Å². The van der Waals surface area contributed by atoms with Gasteiger partial charge in [-0.25, -0.2) is 4.79 Å². The molecule has 1 heterocycles. The summed E-state index contributed by atoms with van der Waals surface area (Å²) in [4.78, 5) is 14.8.